The van der Waals surface area contributed by atoms with Gasteiger partial charge >= 0.3 is 0 Å². The molecule has 0 radical (unpaired) electrons. The van der Waals surface area contributed by atoms with Gasteiger partial charge in [-0.05, 0) is 26.0 Å². The van der Waals surface area contributed by atoms with E-state index in [0.717, 1.165) is 22.0 Å². The summed E-state index contributed by atoms with van der Waals surface area (Å²) in [5.74, 6) is 0. The van der Waals surface area contributed by atoms with Crippen molar-refractivity contribution in [3.05, 3.63) is 34.9 Å². The topological polar surface area (TPSA) is 44.9 Å². The van der Waals surface area contributed by atoms with E-state index in [0.29, 0.717) is 13.1 Å². The Bertz CT molecular complexity index is 315. The minimum atomic E-state index is -0.365. The van der Waals surface area contributed by atoms with Gasteiger partial charge in [0.25, 0.3) is 0 Å². The van der Waals surface area contributed by atoms with Gasteiger partial charge < -0.3 is 15.1 Å². The van der Waals surface area contributed by atoms with Crippen molar-refractivity contribution < 1.29 is 15.1 Å². The van der Waals surface area contributed by atoms with Gasteiger partial charge in [-0.25, -0.2) is 0 Å². The Balaban J connectivity index is 2.61. The first kappa shape index (κ1) is 14.5. The van der Waals surface area contributed by atoms with Gasteiger partial charge in [-0.2, -0.15) is 0 Å². The number of rotatable bonds is 6. The Kier molecular flexibility index (Phi) is 5.92. The summed E-state index contributed by atoms with van der Waals surface area (Å²) in [5, 5.41) is 19.6. The molecular weight excluding hydrogens is 238 g/mol. The van der Waals surface area contributed by atoms with Crippen LogP contribution in [0.4, 0.5) is 0 Å². The fourth-order valence-electron chi connectivity index (χ4n) is 1.95. The summed E-state index contributed by atoms with van der Waals surface area (Å²) in [4.78, 5) is 1.16. The van der Waals surface area contributed by atoms with Crippen LogP contribution in [0.1, 0.15) is 19.4 Å². The molecule has 0 aliphatic carbocycles. The molecule has 4 heteroatoms. The van der Waals surface area contributed by atoms with Crippen LogP contribution in [0.25, 0.3) is 0 Å². The molecule has 1 aromatic carbocycles. The van der Waals surface area contributed by atoms with Crippen LogP contribution in [0, 0.1) is 0 Å². The lowest BCUT2D eigenvalue weighted by molar-refractivity contribution is -0.919. The normalized spacial score (nSPS) is 14.9. The van der Waals surface area contributed by atoms with Crippen molar-refractivity contribution in [1.82, 2.24) is 0 Å². The summed E-state index contributed by atoms with van der Waals surface area (Å²) in [5.41, 5.74) is 1.16. The Morgan fingerprint density at radius 2 is 1.53 bits per heavy atom. The van der Waals surface area contributed by atoms with Crippen molar-refractivity contribution >= 4 is 11.6 Å². The summed E-state index contributed by atoms with van der Waals surface area (Å²) in [7, 11) is 0. The largest absolute Gasteiger partial charge is 0.388 e. The molecule has 0 aliphatic rings. The zero-order valence-corrected chi connectivity index (χ0v) is 11.1. The quantitative estimate of drug-likeness (QED) is 0.695. The molecule has 0 amide bonds. The number of quaternary nitrogens is 1. The number of hydrogen-bond donors (Lipinski definition) is 3. The maximum Gasteiger partial charge on any atom is 0.103 e. The van der Waals surface area contributed by atoms with E-state index in [1.54, 1.807) is 13.8 Å². The van der Waals surface area contributed by atoms with Crippen molar-refractivity contribution in [2.75, 3.05) is 13.1 Å². The maximum atomic E-state index is 9.43. The van der Waals surface area contributed by atoms with Gasteiger partial charge in [-0.3, -0.25) is 0 Å². The molecule has 0 fully saturated rings. The van der Waals surface area contributed by atoms with Crippen LogP contribution in [0.3, 0.4) is 0 Å². The van der Waals surface area contributed by atoms with Crippen LogP contribution < -0.4 is 4.90 Å². The maximum absolute atomic E-state index is 9.43. The van der Waals surface area contributed by atoms with E-state index in [1.165, 1.54) is 0 Å². The number of halogens is 1. The van der Waals surface area contributed by atoms with Gasteiger partial charge in [-0.15, -0.1) is 0 Å². The van der Waals surface area contributed by atoms with E-state index in [9.17, 15) is 10.2 Å². The summed E-state index contributed by atoms with van der Waals surface area (Å²) in [6.07, 6.45) is -0.730. The monoisotopic (exact) mass is 258 g/mol. The molecule has 0 aliphatic heterocycles. The lowest BCUT2D eigenvalue weighted by Gasteiger charge is -2.22. The first-order chi connectivity index (χ1) is 7.97. The number of hydrogen-bond acceptors (Lipinski definition) is 2. The number of benzene rings is 1. The first-order valence-electron chi connectivity index (χ1n) is 5.91. The van der Waals surface area contributed by atoms with Crippen LogP contribution in [0.15, 0.2) is 24.3 Å². The van der Waals surface area contributed by atoms with E-state index in [-0.39, 0.29) is 12.2 Å². The lowest BCUT2D eigenvalue weighted by Crippen LogP contribution is -3.12. The highest BCUT2D eigenvalue weighted by molar-refractivity contribution is 6.30. The first-order valence-corrected chi connectivity index (χ1v) is 6.29. The Morgan fingerprint density at radius 1 is 1.06 bits per heavy atom. The Hall–Kier alpha value is -0.610. The highest BCUT2D eigenvalue weighted by Crippen LogP contribution is 2.08. The minimum Gasteiger partial charge on any atom is -0.388 e. The highest BCUT2D eigenvalue weighted by atomic mass is 35.5. The Morgan fingerprint density at radius 3 is 1.94 bits per heavy atom. The average Bonchev–Trinajstić information content (AvgIpc) is 2.19. The van der Waals surface area contributed by atoms with Gasteiger partial charge in [0.05, 0.1) is 0 Å². The van der Waals surface area contributed by atoms with Crippen molar-refractivity contribution in [3.63, 3.8) is 0 Å². The van der Waals surface area contributed by atoms with Crippen LogP contribution in [0.2, 0.25) is 5.02 Å². The van der Waals surface area contributed by atoms with Crippen LogP contribution in [-0.4, -0.2) is 35.5 Å². The van der Waals surface area contributed by atoms with Crippen molar-refractivity contribution in [2.24, 2.45) is 0 Å². The molecule has 0 spiro atoms. The predicted octanol–water partition coefficient (Wildman–Crippen LogP) is 0.487. The highest BCUT2D eigenvalue weighted by Gasteiger charge is 2.15. The molecule has 17 heavy (non-hydrogen) atoms. The second kappa shape index (κ2) is 6.97. The molecule has 3 nitrogen and oxygen atoms in total. The smallest absolute Gasteiger partial charge is 0.103 e. The van der Waals surface area contributed by atoms with Crippen LogP contribution in [0.5, 0.6) is 0 Å². The van der Waals surface area contributed by atoms with E-state index >= 15 is 0 Å². The van der Waals surface area contributed by atoms with Crippen molar-refractivity contribution in [3.8, 4) is 0 Å². The summed E-state index contributed by atoms with van der Waals surface area (Å²) in [6.45, 7) is 5.59. The van der Waals surface area contributed by atoms with Crippen molar-refractivity contribution in [1.29, 1.82) is 0 Å². The van der Waals surface area contributed by atoms with Gasteiger partial charge in [0.2, 0.25) is 0 Å². The standard InChI is InChI=1S/C13H20ClNO2/c1-10(16)7-15(8-11(2)17)9-12-3-5-13(14)6-4-12/h3-6,10-11,16-17H,7-9H2,1-2H3/p+1/t10-,11-/m0/s1. The third kappa shape index (κ3) is 6.03. The predicted molar refractivity (Wildman–Crippen MR) is 69.2 cm³/mol. The van der Waals surface area contributed by atoms with Gasteiger partial charge in [0.15, 0.2) is 0 Å². The average molecular weight is 259 g/mol. The number of aliphatic hydroxyl groups is 2. The second-order valence-corrected chi connectivity index (χ2v) is 5.10. The van der Waals surface area contributed by atoms with Gasteiger partial charge in [0.1, 0.15) is 31.8 Å². The second-order valence-electron chi connectivity index (χ2n) is 4.66. The van der Waals surface area contributed by atoms with Gasteiger partial charge in [0, 0.05) is 10.6 Å². The summed E-state index contributed by atoms with van der Waals surface area (Å²) < 4.78 is 0. The van der Waals surface area contributed by atoms with Crippen LogP contribution in [-0.2, 0) is 6.54 Å². The van der Waals surface area contributed by atoms with Gasteiger partial charge in [-0.1, -0.05) is 23.7 Å². The zero-order chi connectivity index (χ0) is 12.8. The number of nitrogens with one attached hydrogen (secondary N) is 1. The van der Waals surface area contributed by atoms with E-state index < -0.39 is 0 Å². The third-order valence-corrected chi connectivity index (χ3v) is 2.79. The summed E-state index contributed by atoms with van der Waals surface area (Å²) >= 11 is 5.83. The van der Waals surface area contributed by atoms with E-state index in [4.69, 9.17) is 11.6 Å². The van der Waals surface area contributed by atoms with Crippen molar-refractivity contribution in [2.45, 2.75) is 32.6 Å². The Labute approximate surface area is 108 Å². The molecule has 1 rings (SSSR count). The molecule has 96 valence electrons. The molecule has 0 aromatic heterocycles. The fourth-order valence-corrected chi connectivity index (χ4v) is 2.08. The van der Waals surface area contributed by atoms with E-state index in [2.05, 4.69) is 0 Å². The van der Waals surface area contributed by atoms with E-state index in [1.807, 2.05) is 24.3 Å². The SMILES string of the molecule is C[C@H](O)C[NH+](Cc1ccc(Cl)cc1)C[C@H](C)O. The number of aliphatic hydroxyl groups excluding tert-OH is 2. The molecular formula is C13H21ClNO2+. The third-order valence-electron chi connectivity index (χ3n) is 2.54. The molecule has 0 bridgehead atoms. The molecule has 1 aromatic rings. The minimum absolute atomic E-state index is 0.365. The molecule has 0 unspecified atom stereocenters. The molecule has 2 atom stereocenters. The van der Waals surface area contributed by atoms with Crippen LogP contribution >= 0.6 is 11.6 Å². The molecule has 0 saturated heterocycles. The molecule has 0 saturated carbocycles. The fraction of sp³-hybridized carbons (Fsp3) is 0.538. The molecule has 0 heterocycles. The lowest BCUT2D eigenvalue weighted by atomic mass is 10.2. The summed E-state index contributed by atoms with van der Waals surface area (Å²) in [6, 6.07) is 7.68. The molecule has 3 N–H and O–H groups in total. The zero-order valence-electron chi connectivity index (χ0n) is 10.4.